The van der Waals surface area contributed by atoms with Gasteiger partial charge in [0.25, 0.3) is 0 Å². The fourth-order valence-corrected chi connectivity index (χ4v) is 1.67. The topological polar surface area (TPSA) is 87.6 Å². The first-order valence-electron chi connectivity index (χ1n) is 5.47. The Morgan fingerprint density at radius 3 is 2.44 bits per heavy atom. The van der Waals surface area contributed by atoms with E-state index in [2.05, 4.69) is 21.4 Å². The van der Waals surface area contributed by atoms with Crippen molar-refractivity contribution < 1.29 is 0 Å². The Morgan fingerprint density at radius 2 is 1.83 bits per heavy atom. The lowest BCUT2D eigenvalue weighted by Gasteiger charge is -2.08. The first-order chi connectivity index (χ1) is 8.58. The summed E-state index contributed by atoms with van der Waals surface area (Å²) in [6.45, 7) is 3.79. The molecule has 0 aliphatic carbocycles. The van der Waals surface area contributed by atoms with Crippen LogP contribution in [0.2, 0.25) is 0 Å². The molecule has 5 heteroatoms. The molecule has 0 atom stereocenters. The quantitative estimate of drug-likeness (QED) is 0.785. The summed E-state index contributed by atoms with van der Waals surface area (Å²) in [5.74, 6) is 0.480. The van der Waals surface area contributed by atoms with Crippen LogP contribution in [0.1, 0.15) is 17.0 Å². The van der Waals surface area contributed by atoms with Gasteiger partial charge in [-0.3, -0.25) is 0 Å². The normalized spacial score (nSPS) is 9.83. The average Bonchev–Trinajstić information content (AvgIpc) is 2.30. The van der Waals surface area contributed by atoms with Crippen LogP contribution in [0.15, 0.2) is 24.3 Å². The van der Waals surface area contributed by atoms with E-state index in [1.807, 2.05) is 19.9 Å². The van der Waals surface area contributed by atoms with E-state index in [0.29, 0.717) is 22.9 Å². The second kappa shape index (κ2) is 4.72. The highest BCUT2D eigenvalue weighted by atomic mass is 15.1. The van der Waals surface area contributed by atoms with Crippen LogP contribution in [0.3, 0.4) is 0 Å². The molecule has 0 radical (unpaired) electrons. The fourth-order valence-electron chi connectivity index (χ4n) is 1.67. The van der Waals surface area contributed by atoms with Gasteiger partial charge < -0.3 is 11.1 Å². The van der Waals surface area contributed by atoms with Crippen molar-refractivity contribution in [1.82, 2.24) is 9.97 Å². The highest BCUT2D eigenvalue weighted by Gasteiger charge is 2.05. The standard InChI is InChI=1S/C13H13N5/c1-8-5-9(2)17-13(16-8)18-12-4-3-11(15)6-10(12)7-14/h3-6H,15H2,1-2H3,(H,16,17,18). The summed E-state index contributed by atoms with van der Waals surface area (Å²) in [5, 5.41) is 12.1. The van der Waals surface area contributed by atoms with Gasteiger partial charge in [-0.05, 0) is 38.1 Å². The maximum atomic E-state index is 9.04. The average molecular weight is 239 g/mol. The molecule has 0 unspecified atom stereocenters. The van der Waals surface area contributed by atoms with Crippen LogP contribution in [-0.2, 0) is 0 Å². The number of nitrogens with two attached hydrogens (primary N) is 1. The van der Waals surface area contributed by atoms with Gasteiger partial charge in [-0.25, -0.2) is 9.97 Å². The third-order valence-electron chi connectivity index (χ3n) is 2.39. The molecule has 90 valence electrons. The Balaban J connectivity index is 2.37. The van der Waals surface area contributed by atoms with E-state index in [9.17, 15) is 0 Å². The highest BCUT2D eigenvalue weighted by Crippen LogP contribution is 2.21. The summed E-state index contributed by atoms with van der Waals surface area (Å²) in [6, 6.07) is 9.07. The van der Waals surface area contributed by atoms with Crippen molar-refractivity contribution in [3.63, 3.8) is 0 Å². The molecule has 0 bridgehead atoms. The number of nitriles is 1. The van der Waals surface area contributed by atoms with Crippen molar-refractivity contribution in [3.8, 4) is 6.07 Å². The van der Waals surface area contributed by atoms with Crippen LogP contribution in [0.5, 0.6) is 0 Å². The van der Waals surface area contributed by atoms with Crippen LogP contribution in [0, 0.1) is 25.2 Å². The summed E-state index contributed by atoms with van der Waals surface area (Å²) in [4.78, 5) is 8.53. The molecule has 1 heterocycles. The zero-order valence-corrected chi connectivity index (χ0v) is 10.2. The first kappa shape index (κ1) is 11.9. The smallest absolute Gasteiger partial charge is 0.227 e. The van der Waals surface area contributed by atoms with Gasteiger partial charge in [0.2, 0.25) is 5.95 Å². The Kier molecular flexibility index (Phi) is 3.11. The van der Waals surface area contributed by atoms with E-state index < -0.39 is 0 Å². The van der Waals surface area contributed by atoms with E-state index in [1.165, 1.54) is 0 Å². The van der Waals surface area contributed by atoms with Crippen molar-refractivity contribution in [2.24, 2.45) is 0 Å². The molecule has 0 aliphatic rings. The van der Waals surface area contributed by atoms with E-state index in [0.717, 1.165) is 11.4 Å². The van der Waals surface area contributed by atoms with Crippen molar-refractivity contribution in [3.05, 3.63) is 41.2 Å². The molecule has 2 aromatic rings. The molecule has 1 aromatic carbocycles. The molecule has 18 heavy (non-hydrogen) atoms. The molecular weight excluding hydrogens is 226 g/mol. The number of aromatic nitrogens is 2. The van der Waals surface area contributed by atoms with Crippen LogP contribution >= 0.6 is 0 Å². The molecule has 0 spiro atoms. The van der Waals surface area contributed by atoms with Crippen molar-refractivity contribution >= 4 is 17.3 Å². The molecule has 3 N–H and O–H groups in total. The number of nitrogens with one attached hydrogen (secondary N) is 1. The molecule has 2 rings (SSSR count). The lowest BCUT2D eigenvalue weighted by atomic mass is 10.2. The summed E-state index contributed by atoms with van der Waals surface area (Å²) in [7, 11) is 0. The number of benzene rings is 1. The highest BCUT2D eigenvalue weighted by molar-refractivity contribution is 5.66. The number of hydrogen-bond acceptors (Lipinski definition) is 5. The lowest BCUT2D eigenvalue weighted by Crippen LogP contribution is -2.01. The summed E-state index contributed by atoms with van der Waals surface area (Å²) in [5.41, 5.74) is 9.06. The summed E-state index contributed by atoms with van der Waals surface area (Å²) in [6.07, 6.45) is 0. The molecule has 0 amide bonds. The van der Waals surface area contributed by atoms with Crippen LogP contribution in [0.4, 0.5) is 17.3 Å². The predicted octanol–water partition coefficient (Wildman–Crippen LogP) is 2.29. The third kappa shape index (κ3) is 2.55. The minimum absolute atomic E-state index is 0.470. The number of rotatable bonds is 2. The van der Waals surface area contributed by atoms with Gasteiger partial charge >= 0.3 is 0 Å². The van der Waals surface area contributed by atoms with Gasteiger partial charge in [0.1, 0.15) is 6.07 Å². The second-order valence-electron chi connectivity index (χ2n) is 4.02. The van der Waals surface area contributed by atoms with E-state index >= 15 is 0 Å². The Bertz CT molecular complexity index is 608. The number of nitrogens with zero attached hydrogens (tertiary/aromatic N) is 3. The minimum Gasteiger partial charge on any atom is -0.399 e. The van der Waals surface area contributed by atoms with Crippen molar-refractivity contribution in [2.75, 3.05) is 11.1 Å². The maximum Gasteiger partial charge on any atom is 0.227 e. The van der Waals surface area contributed by atoms with Gasteiger partial charge in [-0.2, -0.15) is 5.26 Å². The molecule has 5 nitrogen and oxygen atoms in total. The van der Waals surface area contributed by atoms with Crippen molar-refractivity contribution in [1.29, 1.82) is 5.26 Å². The van der Waals surface area contributed by atoms with Crippen molar-refractivity contribution in [2.45, 2.75) is 13.8 Å². The molecule has 0 aliphatic heterocycles. The van der Waals surface area contributed by atoms with Crippen LogP contribution in [0.25, 0.3) is 0 Å². The molecule has 1 aromatic heterocycles. The number of anilines is 3. The van der Waals surface area contributed by atoms with Gasteiger partial charge in [0, 0.05) is 17.1 Å². The molecular formula is C13H13N5. The minimum atomic E-state index is 0.470. The van der Waals surface area contributed by atoms with Gasteiger partial charge in [-0.1, -0.05) is 0 Å². The third-order valence-corrected chi connectivity index (χ3v) is 2.39. The van der Waals surface area contributed by atoms with E-state index in [4.69, 9.17) is 11.0 Å². The van der Waals surface area contributed by atoms with Gasteiger partial charge in [0.05, 0.1) is 11.3 Å². The Morgan fingerprint density at radius 1 is 1.17 bits per heavy atom. The van der Waals surface area contributed by atoms with Gasteiger partial charge in [-0.15, -0.1) is 0 Å². The number of hydrogen-bond donors (Lipinski definition) is 2. The summed E-state index contributed by atoms with van der Waals surface area (Å²) < 4.78 is 0. The monoisotopic (exact) mass is 239 g/mol. The SMILES string of the molecule is Cc1cc(C)nc(Nc2ccc(N)cc2C#N)n1. The molecule has 0 fully saturated rings. The zero-order valence-electron chi connectivity index (χ0n) is 10.2. The van der Waals surface area contributed by atoms with E-state index in [1.54, 1.807) is 18.2 Å². The van der Waals surface area contributed by atoms with Crippen LogP contribution in [-0.4, -0.2) is 9.97 Å². The second-order valence-corrected chi connectivity index (χ2v) is 4.02. The van der Waals surface area contributed by atoms with Crippen LogP contribution < -0.4 is 11.1 Å². The largest absolute Gasteiger partial charge is 0.399 e. The first-order valence-corrected chi connectivity index (χ1v) is 5.47. The predicted molar refractivity (Wildman–Crippen MR) is 70.4 cm³/mol. The molecule has 0 saturated carbocycles. The Labute approximate surface area is 105 Å². The van der Waals surface area contributed by atoms with E-state index in [-0.39, 0.29) is 0 Å². The number of aryl methyl sites for hydroxylation is 2. The molecule has 0 saturated heterocycles. The Hall–Kier alpha value is -2.61. The maximum absolute atomic E-state index is 9.04. The number of nitrogen functional groups attached to an aromatic ring is 1. The summed E-state index contributed by atoms with van der Waals surface area (Å²) >= 11 is 0. The van der Waals surface area contributed by atoms with Gasteiger partial charge in [0.15, 0.2) is 0 Å². The zero-order chi connectivity index (χ0) is 13.1. The lowest BCUT2D eigenvalue weighted by molar-refractivity contribution is 1.06. The fraction of sp³-hybridized carbons (Fsp3) is 0.154.